The monoisotopic (exact) mass is 256 g/mol. The molecule has 0 aliphatic carbocycles. The summed E-state index contributed by atoms with van der Waals surface area (Å²) in [6.45, 7) is 3.14. The Bertz CT molecular complexity index is 381. The van der Waals surface area contributed by atoms with Crippen molar-refractivity contribution in [1.82, 2.24) is 0 Å². The summed E-state index contributed by atoms with van der Waals surface area (Å²) in [5, 5.41) is 9.63. The molecule has 1 fully saturated rings. The van der Waals surface area contributed by atoms with Crippen molar-refractivity contribution >= 4 is 17.3 Å². The van der Waals surface area contributed by atoms with Crippen LogP contribution in [0.4, 0.5) is 5.69 Å². The molecule has 1 saturated heterocycles. The van der Waals surface area contributed by atoms with E-state index in [1.54, 1.807) is 0 Å². The van der Waals surface area contributed by atoms with Crippen molar-refractivity contribution in [3.8, 4) is 0 Å². The van der Waals surface area contributed by atoms with Crippen LogP contribution >= 0.6 is 11.6 Å². The average Bonchev–Trinajstić information content (AvgIpc) is 2.39. The number of rotatable bonds is 3. The summed E-state index contributed by atoms with van der Waals surface area (Å²) in [5.74, 6) is 0. The Labute approximate surface area is 106 Å². The highest BCUT2D eigenvalue weighted by Crippen LogP contribution is 2.27. The Morgan fingerprint density at radius 1 is 1.41 bits per heavy atom. The molecule has 1 atom stereocenters. The molecule has 1 heterocycles. The number of aliphatic hydroxyl groups is 1. The smallest absolute Gasteiger partial charge is 0.0642 e. The highest BCUT2D eigenvalue weighted by Gasteiger charge is 2.14. The van der Waals surface area contributed by atoms with Gasteiger partial charge in [-0.1, -0.05) is 17.7 Å². The predicted molar refractivity (Wildman–Crippen MR) is 68.5 cm³/mol. The third-order valence-electron chi connectivity index (χ3n) is 2.96. The minimum atomic E-state index is -0.416. The molecular weight excluding hydrogens is 240 g/mol. The van der Waals surface area contributed by atoms with Crippen LogP contribution in [-0.4, -0.2) is 38.0 Å². The van der Waals surface area contributed by atoms with Crippen molar-refractivity contribution < 1.29 is 9.84 Å². The number of nitrogens with zero attached hydrogens (tertiary/aromatic N) is 1. The summed E-state index contributed by atoms with van der Waals surface area (Å²) in [6, 6.07) is 5.36. The van der Waals surface area contributed by atoms with Crippen molar-refractivity contribution in [2.45, 2.75) is 6.04 Å². The summed E-state index contributed by atoms with van der Waals surface area (Å²) in [5.41, 5.74) is 7.62. The maximum atomic E-state index is 9.02. The van der Waals surface area contributed by atoms with Gasteiger partial charge in [0.2, 0.25) is 0 Å². The van der Waals surface area contributed by atoms with Gasteiger partial charge in [0, 0.05) is 23.8 Å². The normalized spacial score (nSPS) is 18.2. The van der Waals surface area contributed by atoms with Crippen molar-refractivity contribution in [2.24, 2.45) is 5.73 Å². The highest BCUT2D eigenvalue weighted by molar-refractivity contribution is 6.31. The molecule has 1 aliphatic heterocycles. The quantitative estimate of drug-likeness (QED) is 0.852. The van der Waals surface area contributed by atoms with Crippen LogP contribution in [0.1, 0.15) is 11.6 Å². The van der Waals surface area contributed by atoms with Crippen LogP contribution < -0.4 is 10.6 Å². The highest BCUT2D eigenvalue weighted by atomic mass is 35.5. The van der Waals surface area contributed by atoms with E-state index in [1.807, 2.05) is 18.2 Å². The SMILES string of the molecule is N[C@H](CO)c1ccc(N2CCOCC2)cc1Cl. The van der Waals surface area contributed by atoms with E-state index < -0.39 is 6.04 Å². The van der Waals surface area contributed by atoms with Crippen LogP contribution in [0.3, 0.4) is 0 Å². The first-order valence-corrected chi connectivity index (χ1v) is 6.08. The molecule has 0 aromatic heterocycles. The number of anilines is 1. The third-order valence-corrected chi connectivity index (χ3v) is 3.28. The van der Waals surface area contributed by atoms with Crippen molar-refractivity contribution in [1.29, 1.82) is 0 Å². The van der Waals surface area contributed by atoms with E-state index in [0.29, 0.717) is 5.02 Å². The largest absolute Gasteiger partial charge is 0.394 e. The van der Waals surface area contributed by atoms with Gasteiger partial charge in [-0.2, -0.15) is 0 Å². The molecule has 1 aliphatic rings. The number of nitrogens with two attached hydrogens (primary N) is 1. The molecule has 0 radical (unpaired) electrons. The first kappa shape index (κ1) is 12.6. The zero-order valence-electron chi connectivity index (χ0n) is 9.60. The number of halogens is 1. The molecule has 0 amide bonds. The van der Waals surface area contributed by atoms with Crippen LogP contribution in [0, 0.1) is 0 Å². The Hall–Kier alpha value is -0.810. The van der Waals surface area contributed by atoms with Gasteiger partial charge in [-0.15, -0.1) is 0 Å². The minimum Gasteiger partial charge on any atom is -0.394 e. The summed E-state index contributed by atoms with van der Waals surface area (Å²) < 4.78 is 5.30. The molecule has 0 unspecified atom stereocenters. The zero-order valence-corrected chi connectivity index (χ0v) is 10.4. The van der Waals surface area contributed by atoms with E-state index in [-0.39, 0.29) is 6.61 Å². The van der Waals surface area contributed by atoms with Crippen LogP contribution in [0.2, 0.25) is 5.02 Å². The lowest BCUT2D eigenvalue weighted by atomic mass is 10.1. The number of aliphatic hydroxyl groups excluding tert-OH is 1. The Balaban J connectivity index is 2.17. The standard InChI is InChI=1S/C12H17ClN2O2/c13-11-7-9(15-3-5-17-6-4-15)1-2-10(11)12(14)8-16/h1-2,7,12,16H,3-6,8,14H2/t12-/m1/s1. The fraction of sp³-hybridized carbons (Fsp3) is 0.500. The molecule has 94 valence electrons. The van der Waals surface area contributed by atoms with Gasteiger partial charge >= 0.3 is 0 Å². The summed E-state index contributed by atoms with van der Waals surface area (Å²) in [4.78, 5) is 2.23. The number of ether oxygens (including phenoxy) is 1. The molecule has 0 spiro atoms. The Morgan fingerprint density at radius 2 is 2.12 bits per heavy atom. The molecule has 17 heavy (non-hydrogen) atoms. The lowest BCUT2D eigenvalue weighted by molar-refractivity contribution is 0.122. The van der Waals surface area contributed by atoms with Crippen molar-refractivity contribution in [3.05, 3.63) is 28.8 Å². The van der Waals surface area contributed by atoms with E-state index in [0.717, 1.165) is 37.6 Å². The topological polar surface area (TPSA) is 58.7 Å². The summed E-state index contributed by atoms with van der Waals surface area (Å²) in [7, 11) is 0. The van der Waals surface area contributed by atoms with Crippen LogP contribution in [-0.2, 0) is 4.74 Å². The first-order chi connectivity index (χ1) is 8.22. The van der Waals surface area contributed by atoms with E-state index in [4.69, 9.17) is 27.2 Å². The Morgan fingerprint density at radius 3 is 2.71 bits per heavy atom. The predicted octanol–water partition coefficient (Wildman–Crippen LogP) is 1.17. The van der Waals surface area contributed by atoms with Crippen LogP contribution in [0.25, 0.3) is 0 Å². The van der Waals surface area contributed by atoms with E-state index in [1.165, 1.54) is 0 Å². The van der Waals surface area contributed by atoms with Crippen molar-refractivity contribution in [3.63, 3.8) is 0 Å². The Kier molecular flexibility index (Phi) is 4.23. The molecule has 5 heteroatoms. The zero-order chi connectivity index (χ0) is 12.3. The van der Waals surface area contributed by atoms with Gasteiger partial charge in [0.05, 0.1) is 25.9 Å². The maximum absolute atomic E-state index is 9.02. The van der Waals surface area contributed by atoms with Gasteiger partial charge in [0.25, 0.3) is 0 Å². The van der Waals surface area contributed by atoms with Gasteiger partial charge in [0.1, 0.15) is 0 Å². The first-order valence-electron chi connectivity index (χ1n) is 5.71. The van der Waals surface area contributed by atoms with E-state index in [2.05, 4.69) is 4.90 Å². The van der Waals surface area contributed by atoms with Gasteiger partial charge in [0.15, 0.2) is 0 Å². The third kappa shape index (κ3) is 2.90. The number of hydrogen-bond acceptors (Lipinski definition) is 4. The lowest BCUT2D eigenvalue weighted by Crippen LogP contribution is -2.36. The average molecular weight is 257 g/mol. The van der Waals surface area contributed by atoms with Gasteiger partial charge in [-0.3, -0.25) is 0 Å². The molecule has 4 nitrogen and oxygen atoms in total. The van der Waals surface area contributed by atoms with Crippen LogP contribution in [0.15, 0.2) is 18.2 Å². The molecule has 2 rings (SSSR count). The van der Waals surface area contributed by atoms with E-state index >= 15 is 0 Å². The van der Waals surface area contributed by atoms with Gasteiger partial charge in [-0.25, -0.2) is 0 Å². The maximum Gasteiger partial charge on any atom is 0.0642 e. The van der Waals surface area contributed by atoms with E-state index in [9.17, 15) is 0 Å². The molecular formula is C12H17ClN2O2. The molecule has 1 aromatic carbocycles. The minimum absolute atomic E-state index is 0.101. The second-order valence-corrected chi connectivity index (χ2v) is 4.50. The van der Waals surface area contributed by atoms with Gasteiger partial charge < -0.3 is 20.5 Å². The molecule has 0 saturated carbocycles. The lowest BCUT2D eigenvalue weighted by Gasteiger charge is -2.29. The molecule has 0 bridgehead atoms. The number of hydrogen-bond donors (Lipinski definition) is 2. The molecule has 1 aromatic rings. The van der Waals surface area contributed by atoms with Gasteiger partial charge in [-0.05, 0) is 17.7 Å². The fourth-order valence-electron chi connectivity index (χ4n) is 1.93. The van der Waals surface area contributed by atoms with Crippen molar-refractivity contribution in [2.75, 3.05) is 37.8 Å². The second-order valence-electron chi connectivity index (χ2n) is 4.09. The summed E-state index contributed by atoms with van der Waals surface area (Å²) in [6.07, 6.45) is 0. The fourth-order valence-corrected chi connectivity index (χ4v) is 2.25. The number of morpholine rings is 1. The summed E-state index contributed by atoms with van der Waals surface area (Å²) >= 11 is 6.17. The second kappa shape index (κ2) is 5.69. The van der Waals surface area contributed by atoms with Crippen LogP contribution in [0.5, 0.6) is 0 Å². The molecule has 3 N–H and O–H groups in total. The number of benzene rings is 1.